The first-order valence-corrected chi connectivity index (χ1v) is 5.51. The molecule has 0 spiro atoms. The molecule has 0 saturated heterocycles. The minimum absolute atomic E-state index is 0.379. The highest BCUT2D eigenvalue weighted by atomic mass is 14.2. The van der Waals surface area contributed by atoms with Crippen LogP contribution in [0.4, 0.5) is 0 Å². The number of rotatable bonds is 5. The van der Waals surface area contributed by atoms with Crippen molar-refractivity contribution in [2.75, 3.05) is 0 Å². The summed E-state index contributed by atoms with van der Waals surface area (Å²) in [5.41, 5.74) is 0.851. The lowest BCUT2D eigenvalue weighted by molar-refractivity contribution is 0.354. The Morgan fingerprint density at radius 3 is 1.85 bits per heavy atom. The van der Waals surface area contributed by atoms with Gasteiger partial charge in [0, 0.05) is 0 Å². The summed E-state index contributed by atoms with van der Waals surface area (Å²) in [6.45, 7) is 13.8. The maximum atomic E-state index is 2.37. The molecule has 0 aliphatic rings. The summed E-state index contributed by atoms with van der Waals surface area (Å²) in [5.74, 6) is 0. The zero-order chi connectivity index (χ0) is 10.5. The van der Waals surface area contributed by atoms with Gasteiger partial charge in [-0.3, -0.25) is 0 Å². The van der Waals surface area contributed by atoms with Gasteiger partial charge in [0.25, 0.3) is 0 Å². The predicted molar refractivity (Wildman–Crippen MR) is 61.9 cm³/mol. The molecule has 0 atom stereocenters. The second-order valence-corrected chi connectivity index (χ2v) is 5.47. The molecule has 0 aromatic rings. The molecule has 0 N–H and O–H groups in total. The van der Waals surface area contributed by atoms with E-state index in [1.807, 2.05) is 0 Å². The lowest BCUT2D eigenvalue weighted by atomic mass is 9.84. The minimum Gasteiger partial charge on any atom is -0.0875 e. The lowest BCUT2D eigenvalue weighted by Crippen LogP contribution is -2.09. The van der Waals surface area contributed by atoms with Gasteiger partial charge in [0.15, 0.2) is 0 Å². The van der Waals surface area contributed by atoms with Crippen LogP contribution < -0.4 is 0 Å². The molecule has 0 aromatic carbocycles. The van der Waals surface area contributed by atoms with Gasteiger partial charge >= 0.3 is 0 Å². The van der Waals surface area contributed by atoms with Gasteiger partial charge in [-0.1, -0.05) is 60.1 Å². The number of hydrogen-bond donors (Lipinski definition) is 0. The molecule has 0 radical (unpaired) electrons. The summed E-state index contributed by atoms with van der Waals surface area (Å²) in [6, 6.07) is 0. The van der Waals surface area contributed by atoms with Crippen LogP contribution in [0, 0.1) is 10.8 Å². The van der Waals surface area contributed by atoms with Crippen LogP contribution in [0.5, 0.6) is 0 Å². The fourth-order valence-electron chi connectivity index (χ4n) is 0.959. The Kier molecular flexibility index (Phi) is 4.74. The van der Waals surface area contributed by atoms with Gasteiger partial charge in [0.1, 0.15) is 0 Å². The summed E-state index contributed by atoms with van der Waals surface area (Å²) in [7, 11) is 0. The van der Waals surface area contributed by atoms with E-state index >= 15 is 0 Å². The quantitative estimate of drug-likeness (QED) is 0.535. The third-order valence-corrected chi connectivity index (χ3v) is 3.11. The third kappa shape index (κ3) is 5.90. The van der Waals surface area contributed by atoms with E-state index in [9.17, 15) is 0 Å². The van der Waals surface area contributed by atoms with Crippen molar-refractivity contribution in [1.82, 2.24) is 0 Å². The van der Waals surface area contributed by atoms with Crippen LogP contribution in [-0.2, 0) is 0 Å². The van der Waals surface area contributed by atoms with E-state index in [0.29, 0.717) is 10.8 Å². The Bertz CT molecular complexity index is 161. The normalized spacial score (nSPS) is 14.0. The van der Waals surface area contributed by atoms with Gasteiger partial charge in [0.05, 0.1) is 0 Å². The standard InChI is InChI=1S/C13H26/c1-7-12(3,4)10-9-11-13(5,6)8-2/h9-10H,7-8,11H2,1-6H3. The zero-order valence-electron chi connectivity index (χ0n) is 10.3. The highest BCUT2D eigenvalue weighted by Gasteiger charge is 2.14. The summed E-state index contributed by atoms with van der Waals surface area (Å²) >= 11 is 0. The molecule has 0 heteroatoms. The van der Waals surface area contributed by atoms with Crippen molar-refractivity contribution in [3.05, 3.63) is 12.2 Å². The first-order valence-electron chi connectivity index (χ1n) is 5.51. The maximum absolute atomic E-state index is 2.37. The molecule has 0 aromatic heterocycles. The molecule has 0 aliphatic carbocycles. The molecule has 0 heterocycles. The first-order chi connectivity index (χ1) is 5.83. The van der Waals surface area contributed by atoms with Gasteiger partial charge in [-0.2, -0.15) is 0 Å². The van der Waals surface area contributed by atoms with Gasteiger partial charge in [-0.15, -0.1) is 0 Å². The summed E-state index contributed by atoms with van der Waals surface area (Å²) < 4.78 is 0. The summed E-state index contributed by atoms with van der Waals surface area (Å²) in [6.07, 6.45) is 8.39. The van der Waals surface area contributed by atoms with Gasteiger partial charge in [-0.05, 0) is 23.7 Å². The first kappa shape index (κ1) is 12.7. The Balaban J connectivity index is 4.01. The van der Waals surface area contributed by atoms with E-state index in [1.54, 1.807) is 0 Å². The lowest BCUT2D eigenvalue weighted by Gasteiger charge is -2.22. The van der Waals surface area contributed by atoms with E-state index in [-0.39, 0.29) is 0 Å². The molecule has 0 amide bonds. The molecule has 0 nitrogen and oxygen atoms in total. The van der Waals surface area contributed by atoms with Crippen LogP contribution in [0.3, 0.4) is 0 Å². The Morgan fingerprint density at radius 2 is 1.46 bits per heavy atom. The van der Waals surface area contributed by atoms with Gasteiger partial charge in [-0.25, -0.2) is 0 Å². The van der Waals surface area contributed by atoms with Gasteiger partial charge < -0.3 is 0 Å². The fraction of sp³-hybridized carbons (Fsp3) is 0.846. The number of allylic oxidation sites excluding steroid dienone is 2. The molecule has 0 fully saturated rings. The van der Waals surface area contributed by atoms with E-state index in [1.165, 1.54) is 19.3 Å². The van der Waals surface area contributed by atoms with E-state index in [0.717, 1.165) is 0 Å². The molecule has 0 bridgehead atoms. The number of hydrogen-bond acceptors (Lipinski definition) is 0. The molecule has 78 valence electrons. The molecule has 0 aliphatic heterocycles. The van der Waals surface area contributed by atoms with Crippen LogP contribution in [0.2, 0.25) is 0 Å². The van der Waals surface area contributed by atoms with E-state index in [2.05, 4.69) is 53.7 Å². The Labute approximate surface area is 84.4 Å². The minimum atomic E-state index is 0.379. The molecular weight excluding hydrogens is 156 g/mol. The van der Waals surface area contributed by atoms with Crippen LogP contribution >= 0.6 is 0 Å². The van der Waals surface area contributed by atoms with Crippen LogP contribution in [-0.4, -0.2) is 0 Å². The highest BCUT2D eigenvalue weighted by Crippen LogP contribution is 2.27. The van der Waals surface area contributed by atoms with E-state index in [4.69, 9.17) is 0 Å². The molecule has 13 heavy (non-hydrogen) atoms. The van der Waals surface area contributed by atoms with Crippen molar-refractivity contribution >= 4 is 0 Å². The van der Waals surface area contributed by atoms with Crippen molar-refractivity contribution in [3.8, 4) is 0 Å². The predicted octanol–water partition coefficient (Wildman–Crippen LogP) is 4.81. The average molecular weight is 182 g/mol. The van der Waals surface area contributed by atoms with Crippen molar-refractivity contribution < 1.29 is 0 Å². The third-order valence-electron chi connectivity index (χ3n) is 3.11. The zero-order valence-corrected chi connectivity index (χ0v) is 10.3. The van der Waals surface area contributed by atoms with Crippen LogP contribution in [0.25, 0.3) is 0 Å². The maximum Gasteiger partial charge on any atom is -0.0177 e. The second kappa shape index (κ2) is 4.83. The van der Waals surface area contributed by atoms with Crippen molar-refractivity contribution in [1.29, 1.82) is 0 Å². The van der Waals surface area contributed by atoms with Crippen molar-refractivity contribution in [2.45, 2.75) is 60.8 Å². The Hall–Kier alpha value is -0.260. The summed E-state index contributed by atoms with van der Waals surface area (Å²) in [5, 5.41) is 0. The Morgan fingerprint density at radius 1 is 0.923 bits per heavy atom. The van der Waals surface area contributed by atoms with Gasteiger partial charge in [0.2, 0.25) is 0 Å². The summed E-state index contributed by atoms with van der Waals surface area (Å²) in [4.78, 5) is 0. The average Bonchev–Trinajstić information content (AvgIpc) is 2.04. The largest absolute Gasteiger partial charge is 0.0875 e. The molecular formula is C13H26. The molecule has 0 rings (SSSR count). The SMILES string of the molecule is CCC(C)(C)C=CCC(C)(C)CC. The van der Waals surface area contributed by atoms with E-state index < -0.39 is 0 Å². The van der Waals surface area contributed by atoms with Crippen molar-refractivity contribution in [3.63, 3.8) is 0 Å². The van der Waals surface area contributed by atoms with Crippen molar-refractivity contribution in [2.24, 2.45) is 10.8 Å². The molecule has 0 saturated carbocycles. The molecule has 0 unspecified atom stereocenters. The van der Waals surface area contributed by atoms with Crippen LogP contribution in [0.15, 0.2) is 12.2 Å². The van der Waals surface area contributed by atoms with Crippen LogP contribution in [0.1, 0.15) is 60.8 Å². The highest BCUT2D eigenvalue weighted by molar-refractivity contribution is 4.96. The fourth-order valence-corrected chi connectivity index (χ4v) is 0.959. The topological polar surface area (TPSA) is 0 Å². The second-order valence-electron chi connectivity index (χ2n) is 5.47. The smallest absolute Gasteiger partial charge is 0.0177 e. The monoisotopic (exact) mass is 182 g/mol.